The number of nitro groups is 1. The molecule has 1 amide bonds. The number of hydrogen-bond donors (Lipinski definition) is 1. The molecule has 1 heterocycles. The Balaban J connectivity index is 1.57. The van der Waals surface area contributed by atoms with E-state index in [2.05, 4.69) is 26.1 Å². The molecule has 27 heavy (non-hydrogen) atoms. The monoisotopic (exact) mass is 383 g/mol. The molecule has 10 nitrogen and oxygen atoms in total. The van der Waals surface area contributed by atoms with Gasteiger partial charge in [-0.2, -0.15) is 9.78 Å². The highest BCUT2D eigenvalue weighted by molar-refractivity contribution is 7.99. The number of para-hydroxylation sites is 2. The van der Waals surface area contributed by atoms with Gasteiger partial charge in [-0.15, -0.1) is 5.10 Å². The second-order valence-corrected chi connectivity index (χ2v) is 6.05. The lowest BCUT2D eigenvalue weighted by atomic mass is 10.2. The Labute approximate surface area is 157 Å². The number of nitrogens with zero attached hydrogens (tertiary/aromatic N) is 6. The van der Waals surface area contributed by atoms with Crippen molar-refractivity contribution in [2.45, 2.75) is 5.16 Å². The molecule has 0 fully saturated rings. The van der Waals surface area contributed by atoms with Crippen LogP contribution in [0.2, 0.25) is 0 Å². The third kappa shape index (κ3) is 4.73. The molecule has 0 radical (unpaired) electrons. The minimum absolute atomic E-state index is 0.0292. The highest BCUT2D eigenvalue weighted by Crippen LogP contribution is 2.17. The van der Waals surface area contributed by atoms with Gasteiger partial charge >= 0.3 is 0 Å². The first-order valence-corrected chi connectivity index (χ1v) is 8.65. The molecule has 0 unspecified atom stereocenters. The number of carbonyl (C=O) groups is 1. The van der Waals surface area contributed by atoms with E-state index in [1.165, 1.54) is 23.0 Å². The third-order valence-corrected chi connectivity index (χ3v) is 4.22. The fraction of sp³-hybridized carbons (Fsp3) is 0.0625. The van der Waals surface area contributed by atoms with Gasteiger partial charge < -0.3 is 0 Å². The van der Waals surface area contributed by atoms with E-state index in [0.29, 0.717) is 10.7 Å². The van der Waals surface area contributed by atoms with Crippen molar-refractivity contribution in [1.29, 1.82) is 0 Å². The van der Waals surface area contributed by atoms with Crippen LogP contribution in [0.25, 0.3) is 5.69 Å². The number of nitro benzene ring substituents is 1. The number of rotatable bonds is 7. The van der Waals surface area contributed by atoms with E-state index < -0.39 is 10.8 Å². The zero-order chi connectivity index (χ0) is 19.1. The molecule has 0 saturated heterocycles. The van der Waals surface area contributed by atoms with E-state index in [4.69, 9.17) is 0 Å². The summed E-state index contributed by atoms with van der Waals surface area (Å²) < 4.78 is 1.52. The molecular weight excluding hydrogens is 370 g/mol. The SMILES string of the molecule is O=C(CSc1nnnn1-c1ccccc1)N/N=C\c1ccccc1[N+](=O)[O-]. The van der Waals surface area contributed by atoms with Crippen LogP contribution in [0.5, 0.6) is 0 Å². The molecule has 3 rings (SSSR count). The minimum atomic E-state index is -0.511. The molecule has 0 spiro atoms. The first-order valence-electron chi connectivity index (χ1n) is 7.67. The summed E-state index contributed by atoms with van der Waals surface area (Å²) >= 11 is 1.14. The van der Waals surface area contributed by atoms with Crippen LogP contribution in [0, 0.1) is 10.1 Å². The molecule has 0 saturated carbocycles. The van der Waals surface area contributed by atoms with Crippen molar-refractivity contribution in [3.8, 4) is 5.69 Å². The summed E-state index contributed by atoms with van der Waals surface area (Å²) in [5.74, 6) is -0.362. The van der Waals surface area contributed by atoms with Crippen molar-refractivity contribution in [3.63, 3.8) is 0 Å². The fourth-order valence-electron chi connectivity index (χ4n) is 2.10. The Morgan fingerprint density at radius 1 is 1.22 bits per heavy atom. The molecule has 0 bridgehead atoms. The van der Waals surface area contributed by atoms with Crippen LogP contribution in [-0.2, 0) is 4.79 Å². The van der Waals surface area contributed by atoms with Crippen molar-refractivity contribution in [1.82, 2.24) is 25.6 Å². The lowest BCUT2D eigenvalue weighted by Crippen LogP contribution is -2.20. The van der Waals surface area contributed by atoms with E-state index in [0.717, 1.165) is 17.4 Å². The fourth-order valence-corrected chi connectivity index (χ4v) is 2.78. The summed E-state index contributed by atoms with van der Waals surface area (Å²) in [4.78, 5) is 22.4. The highest BCUT2D eigenvalue weighted by Gasteiger charge is 2.12. The van der Waals surface area contributed by atoms with Crippen molar-refractivity contribution in [3.05, 3.63) is 70.3 Å². The number of nitrogens with one attached hydrogen (secondary N) is 1. The smallest absolute Gasteiger partial charge is 0.272 e. The molecule has 0 aliphatic heterocycles. The number of thioether (sulfide) groups is 1. The largest absolute Gasteiger partial charge is 0.278 e. The van der Waals surface area contributed by atoms with Crippen LogP contribution < -0.4 is 5.43 Å². The molecule has 3 aromatic rings. The van der Waals surface area contributed by atoms with Crippen LogP contribution in [0.4, 0.5) is 5.69 Å². The quantitative estimate of drug-likeness (QED) is 0.285. The Hall–Kier alpha value is -3.60. The Morgan fingerprint density at radius 2 is 1.96 bits per heavy atom. The van der Waals surface area contributed by atoms with Crippen molar-refractivity contribution in [2.24, 2.45) is 5.10 Å². The van der Waals surface area contributed by atoms with Gasteiger partial charge in [-0.05, 0) is 28.6 Å². The second-order valence-electron chi connectivity index (χ2n) is 5.11. The summed E-state index contributed by atoms with van der Waals surface area (Å²) in [7, 11) is 0. The number of benzene rings is 2. The topological polar surface area (TPSA) is 128 Å². The zero-order valence-corrected chi connectivity index (χ0v) is 14.6. The summed E-state index contributed by atoms with van der Waals surface area (Å²) in [6.45, 7) is 0. The maximum absolute atomic E-state index is 11.9. The average Bonchev–Trinajstić information content (AvgIpc) is 3.16. The van der Waals surface area contributed by atoms with Gasteiger partial charge in [0.25, 0.3) is 11.6 Å². The number of amides is 1. The van der Waals surface area contributed by atoms with Crippen LogP contribution >= 0.6 is 11.8 Å². The van der Waals surface area contributed by atoms with Gasteiger partial charge in [-0.1, -0.05) is 42.1 Å². The zero-order valence-electron chi connectivity index (χ0n) is 13.8. The number of hydrogen-bond acceptors (Lipinski definition) is 8. The van der Waals surface area contributed by atoms with E-state index >= 15 is 0 Å². The third-order valence-electron chi connectivity index (χ3n) is 3.30. The Bertz CT molecular complexity index is 975. The van der Waals surface area contributed by atoms with Gasteiger partial charge in [0.2, 0.25) is 5.16 Å². The van der Waals surface area contributed by atoms with Gasteiger partial charge in [-0.3, -0.25) is 14.9 Å². The van der Waals surface area contributed by atoms with Crippen LogP contribution in [0.1, 0.15) is 5.56 Å². The molecule has 1 N–H and O–H groups in total. The maximum Gasteiger partial charge on any atom is 0.278 e. The second kappa shape index (κ2) is 8.67. The average molecular weight is 383 g/mol. The van der Waals surface area contributed by atoms with E-state index in [-0.39, 0.29) is 11.4 Å². The first kappa shape index (κ1) is 18.2. The molecule has 1 aromatic heterocycles. The van der Waals surface area contributed by atoms with Crippen LogP contribution in [0.15, 0.2) is 64.9 Å². The Morgan fingerprint density at radius 3 is 2.74 bits per heavy atom. The van der Waals surface area contributed by atoms with Gasteiger partial charge in [-0.25, -0.2) is 5.43 Å². The number of tetrazole rings is 1. The summed E-state index contributed by atoms with van der Waals surface area (Å²) in [5.41, 5.74) is 3.31. The van der Waals surface area contributed by atoms with Crippen molar-refractivity contribution in [2.75, 3.05) is 5.75 Å². The molecule has 0 aliphatic rings. The number of hydrazone groups is 1. The summed E-state index contributed by atoms with van der Waals surface area (Å²) in [5, 5.41) is 26.6. The molecule has 0 aliphatic carbocycles. The lowest BCUT2D eigenvalue weighted by Gasteiger charge is -2.03. The summed E-state index contributed by atoms with van der Waals surface area (Å²) in [6, 6.07) is 15.4. The van der Waals surface area contributed by atoms with Gasteiger partial charge in [0.15, 0.2) is 0 Å². The Kier molecular flexibility index (Phi) is 5.84. The van der Waals surface area contributed by atoms with E-state index in [1.807, 2.05) is 30.3 Å². The highest BCUT2D eigenvalue weighted by atomic mass is 32.2. The lowest BCUT2D eigenvalue weighted by molar-refractivity contribution is -0.385. The number of carbonyl (C=O) groups excluding carboxylic acids is 1. The van der Waals surface area contributed by atoms with Crippen LogP contribution in [-0.4, -0.2) is 43.0 Å². The maximum atomic E-state index is 11.9. The predicted octanol–water partition coefficient (Wildman–Crippen LogP) is 1.81. The normalized spacial score (nSPS) is 10.8. The molecule has 136 valence electrons. The van der Waals surface area contributed by atoms with Crippen molar-refractivity contribution >= 4 is 29.6 Å². The predicted molar refractivity (Wildman–Crippen MR) is 98.7 cm³/mol. The number of aromatic nitrogens is 4. The van der Waals surface area contributed by atoms with Gasteiger partial charge in [0, 0.05) is 6.07 Å². The van der Waals surface area contributed by atoms with Gasteiger partial charge in [0.05, 0.1) is 28.1 Å². The summed E-state index contributed by atoms with van der Waals surface area (Å²) in [6.07, 6.45) is 1.23. The van der Waals surface area contributed by atoms with Crippen LogP contribution in [0.3, 0.4) is 0 Å². The molecule has 2 aromatic carbocycles. The first-order chi connectivity index (χ1) is 13.1. The minimum Gasteiger partial charge on any atom is -0.272 e. The standard InChI is InChI=1S/C16H13N7O3S/c24-15(18-17-10-12-6-4-5-9-14(12)23(25)26)11-27-16-19-20-21-22(16)13-7-2-1-3-8-13/h1-10H,11H2,(H,18,24)/b17-10-. The van der Waals surface area contributed by atoms with E-state index in [1.54, 1.807) is 12.1 Å². The van der Waals surface area contributed by atoms with Gasteiger partial charge in [0.1, 0.15) is 0 Å². The molecule has 0 atom stereocenters. The molecule has 11 heteroatoms. The molecular formula is C16H13N7O3S. The van der Waals surface area contributed by atoms with E-state index in [9.17, 15) is 14.9 Å². The van der Waals surface area contributed by atoms with Crippen molar-refractivity contribution < 1.29 is 9.72 Å².